The van der Waals surface area contributed by atoms with Gasteiger partial charge in [0.25, 0.3) is 5.91 Å². The SMILES string of the molecule is CN(C(=O)c1ccc2c(c1)OCO2)C1CCC(c2ccccc2)CC1. The number of hydrogen-bond acceptors (Lipinski definition) is 3. The van der Waals surface area contributed by atoms with E-state index in [4.69, 9.17) is 9.47 Å². The third kappa shape index (κ3) is 3.21. The van der Waals surface area contributed by atoms with Gasteiger partial charge in [-0.1, -0.05) is 30.3 Å². The Bertz CT molecular complexity index is 751. The zero-order chi connectivity index (χ0) is 17.2. The Labute approximate surface area is 148 Å². The van der Waals surface area contributed by atoms with Crippen LogP contribution in [0.15, 0.2) is 48.5 Å². The topological polar surface area (TPSA) is 38.8 Å². The molecule has 1 heterocycles. The minimum atomic E-state index is 0.0569. The van der Waals surface area contributed by atoms with Gasteiger partial charge in [0.05, 0.1) is 0 Å². The highest BCUT2D eigenvalue weighted by Gasteiger charge is 2.28. The van der Waals surface area contributed by atoms with Crippen molar-refractivity contribution in [1.29, 1.82) is 0 Å². The minimum absolute atomic E-state index is 0.0569. The van der Waals surface area contributed by atoms with Gasteiger partial charge in [0.15, 0.2) is 11.5 Å². The predicted octanol–water partition coefficient (Wildman–Crippen LogP) is 4.21. The fourth-order valence-corrected chi connectivity index (χ4v) is 3.92. The summed E-state index contributed by atoms with van der Waals surface area (Å²) in [4.78, 5) is 14.7. The average Bonchev–Trinajstić information content (AvgIpc) is 3.15. The van der Waals surface area contributed by atoms with Gasteiger partial charge in [-0.25, -0.2) is 0 Å². The van der Waals surface area contributed by atoms with Gasteiger partial charge < -0.3 is 14.4 Å². The van der Waals surface area contributed by atoms with Gasteiger partial charge >= 0.3 is 0 Å². The Kier molecular flexibility index (Phi) is 4.35. The van der Waals surface area contributed by atoms with Crippen molar-refractivity contribution in [1.82, 2.24) is 4.90 Å². The van der Waals surface area contributed by atoms with Crippen molar-refractivity contribution in [3.8, 4) is 11.5 Å². The van der Waals surface area contributed by atoms with Crippen LogP contribution in [-0.2, 0) is 0 Å². The number of carbonyl (C=O) groups is 1. The van der Waals surface area contributed by atoms with Crippen LogP contribution in [0.1, 0.15) is 47.5 Å². The molecule has 0 saturated heterocycles. The normalized spacial score (nSPS) is 21.8. The summed E-state index contributed by atoms with van der Waals surface area (Å²) in [7, 11) is 1.92. The molecule has 1 aliphatic heterocycles. The van der Waals surface area contributed by atoms with Crippen LogP contribution in [0.2, 0.25) is 0 Å². The summed E-state index contributed by atoms with van der Waals surface area (Å²) in [5.74, 6) is 2.04. The quantitative estimate of drug-likeness (QED) is 0.842. The highest BCUT2D eigenvalue weighted by atomic mass is 16.7. The van der Waals surface area contributed by atoms with E-state index in [-0.39, 0.29) is 12.7 Å². The van der Waals surface area contributed by atoms with Gasteiger partial charge in [0, 0.05) is 18.7 Å². The zero-order valence-corrected chi connectivity index (χ0v) is 14.5. The number of fused-ring (bicyclic) bond motifs is 1. The van der Waals surface area contributed by atoms with Crippen LogP contribution in [0.3, 0.4) is 0 Å². The number of nitrogens with zero attached hydrogens (tertiary/aromatic N) is 1. The Morgan fingerprint density at radius 2 is 1.68 bits per heavy atom. The van der Waals surface area contributed by atoms with Gasteiger partial charge in [-0.15, -0.1) is 0 Å². The summed E-state index contributed by atoms with van der Waals surface area (Å²) in [6.07, 6.45) is 4.36. The average molecular weight is 337 g/mol. The molecule has 25 heavy (non-hydrogen) atoms. The molecule has 130 valence electrons. The number of hydrogen-bond donors (Lipinski definition) is 0. The highest BCUT2D eigenvalue weighted by Crippen LogP contribution is 2.36. The maximum atomic E-state index is 12.8. The molecule has 4 heteroatoms. The van der Waals surface area contributed by atoms with Gasteiger partial charge in [0.1, 0.15) is 0 Å². The van der Waals surface area contributed by atoms with Crippen LogP contribution in [-0.4, -0.2) is 30.7 Å². The summed E-state index contributed by atoms with van der Waals surface area (Å²) in [6, 6.07) is 16.4. The van der Waals surface area contributed by atoms with Crippen molar-refractivity contribution < 1.29 is 14.3 Å². The smallest absolute Gasteiger partial charge is 0.253 e. The van der Waals surface area contributed by atoms with Crippen LogP contribution in [0.4, 0.5) is 0 Å². The third-order valence-corrected chi connectivity index (χ3v) is 5.46. The third-order valence-electron chi connectivity index (χ3n) is 5.46. The van der Waals surface area contributed by atoms with Crippen molar-refractivity contribution in [3.05, 3.63) is 59.7 Å². The van der Waals surface area contributed by atoms with Crippen LogP contribution < -0.4 is 9.47 Å². The molecule has 0 N–H and O–H groups in total. The second kappa shape index (κ2) is 6.79. The van der Waals surface area contributed by atoms with Gasteiger partial charge in [-0.2, -0.15) is 0 Å². The second-order valence-corrected chi connectivity index (χ2v) is 6.90. The fourth-order valence-electron chi connectivity index (χ4n) is 3.92. The number of rotatable bonds is 3. The number of ether oxygens (including phenoxy) is 2. The molecule has 4 nitrogen and oxygen atoms in total. The molecular weight excluding hydrogens is 314 g/mol. The Morgan fingerprint density at radius 3 is 2.44 bits per heavy atom. The van der Waals surface area contributed by atoms with Gasteiger partial charge in [-0.05, 0) is 55.4 Å². The number of benzene rings is 2. The largest absolute Gasteiger partial charge is 0.454 e. The van der Waals surface area contributed by atoms with E-state index in [0.717, 1.165) is 25.7 Å². The van der Waals surface area contributed by atoms with Crippen molar-refractivity contribution in [3.63, 3.8) is 0 Å². The van der Waals surface area contributed by atoms with E-state index in [1.165, 1.54) is 5.56 Å². The van der Waals surface area contributed by atoms with E-state index in [2.05, 4.69) is 30.3 Å². The summed E-state index contributed by atoms with van der Waals surface area (Å²) in [5, 5.41) is 0. The van der Waals surface area contributed by atoms with E-state index >= 15 is 0 Å². The minimum Gasteiger partial charge on any atom is -0.454 e. The highest BCUT2D eigenvalue weighted by molar-refractivity contribution is 5.95. The lowest BCUT2D eigenvalue weighted by molar-refractivity contribution is 0.0689. The van der Waals surface area contributed by atoms with E-state index in [0.29, 0.717) is 29.0 Å². The molecule has 0 spiro atoms. The Balaban J connectivity index is 1.40. The maximum absolute atomic E-state index is 12.8. The molecule has 1 saturated carbocycles. The first-order chi connectivity index (χ1) is 12.2. The molecule has 1 fully saturated rings. The predicted molar refractivity (Wildman–Crippen MR) is 96.1 cm³/mol. The van der Waals surface area contributed by atoms with Crippen molar-refractivity contribution in [2.24, 2.45) is 0 Å². The van der Waals surface area contributed by atoms with Crippen molar-refractivity contribution >= 4 is 5.91 Å². The molecule has 0 aromatic heterocycles. The lowest BCUT2D eigenvalue weighted by Gasteiger charge is -2.35. The van der Waals surface area contributed by atoms with E-state index in [9.17, 15) is 4.79 Å². The van der Waals surface area contributed by atoms with Crippen LogP contribution in [0, 0.1) is 0 Å². The van der Waals surface area contributed by atoms with Crippen molar-refractivity contribution in [2.45, 2.75) is 37.6 Å². The molecule has 2 aromatic carbocycles. The second-order valence-electron chi connectivity index (χ2n) is 6.90. The summed E-state index contributed by atoms with van der Waals surface area (Å²) in [5.41, 5.74) is 2.09. The first-order valence-corrected chi connectivity index (χ1v) is 8.94. The number of amides is 1. The van der Waals surface area contributed by atoms with Crippen LogP contribution >= 0.6 is 0 Å². The first-order valence-electron chi connectivity index (χ1n) is 8.94. The Hall–Kier alpha value is -2.49. The monoisotopic (exact) mass is 337 g/mol. The summed E-state index contributed by atoms with van der Waals surface area (Å²) in [6.45, 7) is 0.228. The van der Waals surface area contributed by atoms with Crippen molar-refractivity contribution in [2.75, 3.05) is 13.8 Å². The molecule has 0 bridgehead atoms. The Morgan fingerprint density at radius 1 is 0.960 bits per heavy atom. The lowest BCUT2D eigenvalue weighted by atomic mass is 9.81. The maximum Gasteiger partial charge on any atom is 0.253 e. The zero-order valence-electron chi connectivity index (χ0n) is 14.5. The molecule has 1 amide bonds. The standard InChI is InChI=1S/C21H23NO3/c1-22(21(23)17-9-12-19-20(13-17)25-14-24-19)18-10-7-16(8-11-18)15-5-3-2-4-6-15/h2-6,9,12-13,16,18H,7-8,10-11,14H2,1H3. The summed E-state index contributed by atoms with van der Waals surface area (Å²) >= 11 is 0. The molecule has 0 unspecified atom stereocenters. The van der Waals surface area contributed by atoms with E-state index in [1.54, 1.807) is 6.07 Å². The lowest BCUT2D eigenvalue weighted by Crippen LogP contribution is -2.39. The van der Waals surface area contributed by atoms with E-state index in [1.807, 2.05) is 24.1 Å². The summed E-state index contributed by atoms with van der Waals surface area (Å²) < 4.78 is 10.7. The molecule has 2 aromatic rings. The molecule has 1 aliphatic carbocycles. The molecule has 0 atom stereocenters. The molecule has 4 rings (SSSR count). The van der Waals surface area contributed by atoms with E-state index < -0.39 is 0 Å². The molecular formula is C21H23NO3. The van der Waals surface area contributed by atoms with Crippen LogP contribution in [0.25, 0.3) is 0 Å². The molecule has 2 aliphatic rings. The number of carbonyl (C=O) groups excluding carboxylic acids is 1. The first kappa shape index (κ1) is 16.0. The molecule has 0 radical (unpaired) electrons. The fraction of sp³-hybridized carbons (Fsp3) is 0.381. The van der Waals surface area contributed by atoms with Gasteiger partial charge in [-0.3, -0.25) is 4.79 Å². The van der Waals surface area contributed by atoms with Gasteiger partial charge in [0.2, 0.25) is 6.79 Å². The van der Waals surface area contributed by atoms with Crippen LogP contribution in [0.5, 0.6) is 11.5 Å².